The first-order valence-corrected chi connectivity index (χ1v) is 5.09. The number of hydrogen-bond acceptors (Lipinski definition) is 1. The Labute approximate surface area is 84.1 Å². The third-order valence-corrected chi connectivity index (χ3v) is 1.40. The molecule has 2 N–H and O–H groups in total. The second-order valence-electron chi connectivity index (χ2n) is 1.55. The molecule has 0 radical (unpaired) electrons. The summed E-state index contributed by atoms with van der Waals surface area (Å²) in [5.74, 6) is 0. The van der Waals surface area contributed by atoms with Crippen molar-refractivity contribution in [1.82, 2.24) is 0 Å². The fourth-order valence-electron chi connectivity index (χ4n) is 0.463. The molecule has 12 heavy (non-hydrogen) atoms. The van der Waals surface area contributed by atoms with Crippen LogP contribution in [0.5, 0.6) is 0 Å². The monoisotopic (exact) mass is 231 g/mol. The summed E-state index contributed by atoms with van der Waals surface area (Å²) in [5.41, 5.74) is 6.21. The van der Waals surface area contributed by atoms with Gasteiger partial charge in [0.2, 0.25) is 0 Å². The number of rotatable bonds is 0. The van der Waals surface area contributed by atoms with E-state index in [2.05, 4.69) is 15.9 Å². The third kappa shape index (κ3) is 7.61. The van der Waals surface area contributed by atoms with E-state index in [0.29, 0.717) is 0 Å². The molecule has 0 saturated carbocycles. The number of hydrogen-bond donors (Lipinski definition) is 1. The summed E-state index contributed by atoms with van der Waals surface area (Å²) in [7, 11) is 0. The molecule has 0 aliphatic carbocycles. The summed E-state index contributed by atoms with van der Waals surface area (Å²) in [5, 5.41) is 0. The summed E-state index contributed by atoms with van der Waals surface area (Å²) in [6.45, 7) is 8.00. The Hall–Kier alpha value is -0.500. The molecule has 1 aromatic rings. The smallest absolute Gasteiger partial charge is 0.0314 e. The van der Waals surface area contributed by atoms with E-state index in [9.17, 15) is 0 Å². The van der Waals surface area contributed by atoms with Gasteiger partial charge in [-0.2, -0.15) is 0 Å². The lowest BCUT2D eigenvalue weighted by atomic mass is 10.3. The number of nitrogens with two attached hydrogens (primary N) is 1. The topological polar surface area (TPSA) is 26.0 Å². The van der Waals surface area contributed by atoms with Crippen LogP contribution >= 0.6 is 15.9 Å². The Morgan fingerprint density at radius 1 is 0.917 bits per heavy atom. The van der Waals surface area contributed by atoms with Crippen molar-refractivity contribution in [2.24, 2.45) is 0 Å². The molecule has 0 aliphatic rings. The van der Waals surface area contributed by atoms with Gasteiger partial charge in [0.05, 0.1) is 0 Å². The maximum atomic E-state index is 5.41. The maximum Gasteiger partial charge on any atom is 0.0314 e. The lowest BCUT2D eigenvalue weighted by Gasteiger charge is -1.88. The van der Waals surface area contributed by atoms with Gasteiger partial charge in [0.25, 0.3) is 0 Å². The van der Waals surface area contributed by atoms with Crippen molar-refractivity contribution in [3.63, 3.8) is 0 Å². The zero-order valence-corrected chi connectivity index (χ0v) is 9.85. The van der Waals surface area contributed by atoms with Crippen LogP contribution in [-0.4, -0.2) is 0 Å². The second-order valence-corrected chi connectivity index (χ2v) is 2.47. The summed E-state index contributed by atoms with van der Waals surface area (Å²) in [6.07, 6.45) is 0. The molecule has 0 bridgehead atoms. The normalized spacial score (nSPS) is 7.08. The van der Waals surface area contributed by atoms with E-state index >= 15 is 0 Å². The van der Waals surface area contributed by atoms with Crippen LogP contribution in [0.15, 0.2) is 28.7 Å². The Morgan fingerprint density at radius 2 is 1.25 bits per heavy atom. The van der Waals surface area contributed by atoms with Crippen molar-refractivity contribution in [2.45, 2.75) is 27.7 Å². The minimum Gasteiger partial charge on any atom is -0.399 e. The molecular formula is C10H18BrN. The van der Waals surface area contributed by atoms with E-state index in [4.69, 9.17) is 5.73 Å². The molecule has 0 heterocycles. The fraction of sp³-hybridized carbons (Fsp3) is 0.400. The van der Waals surface area contributed by atoms with Gasteiger partial charge in [-0.15, -0.1) is 0 Å². The average molecular weight is 232 g/mol. The largest absolute Gasteiger partial charge is 0.399 e. The zero-order chi connectivity index (χ0) is 9.98. The molecule has 0 amide bonds. The third-order valence-electron chi connectivity index (χ3n) is 0.870. The van der Waals surface area contributed by atoms with Crippen molar-refractivity contribution in [1.29, 1.82) is 0 Å². The van der Waals surface area contributed by atoms with Crippen molar-refractivity contribution in [2.75, 3.05) is 5.73 Å². The molecule has 1 rings (SSSR count). The van der Waals surface area contributed by atoms with E-state index in [1.54, 1.807) is 0 Å². The highest BCUT2D eigenvalue weighted by Crippen LogP contribution is 2.10. The Morgan fingerprint density at radius 3 is 1.50 bits per heavy atom. The quantitative estimate of drug-likeness (QED) is 0.670. The average Bonchev–Trinajstić information content (AvgIpc) is 2.17. The second kappa shape index (κ2) is 10.5. The van der Waals surface area contributed by atoms with E-state index in [1.807, 2.05) is 52.0 Å². The molecule has 2 heteroatoms. The predicted molar refractivity (Wildman–Crippen MR) is 61.3 cm³/mol. The molecule has 0 spiro atoms. The van der Waals surface area contributed by atoms with Gasteiger partial charge in [-0.25, -0.2) is 0 Å². The minimum absolute atomic E-state index is 0.799. The molecule has 0 aromatic heterocycles. The number of halogens is 1. The summed E-state index contributed by atoms with van der Waals surface area (Å²) < 4.78 is 1.06. The van der Waals surface area contributed by atoms with Gasteiger partial charge in [0, 0.05) is 10.2 Å². The highest BCUT2D eigenvalue weighted by atomic mass is 79.9. The number of anilines is 1. The summed E-state index contributed by atoms with van der Waals surface area (Å²) >= 11 is 3.29. The summed E-state index contributed by atoms with van der Waals surface area (Å²) in [6, 6.07) is 7.53. The van der Waals surface area contributed by atoms with Crippen LogP contribution in [0.1, 0.15) is 27.7 Å². The molecular weight excluding hydrogens is 214 g/mol. The van der Waals surface area contributed by atoms with E-state index in [1.165, 1.54) is 0 Å². The predicted octanol–water partition coefficient (Wildman–Crippen LogP) is 4.08. The van der Waals surface area contributed by atoms with Gasteiger partial charge < -0.3 is 5.73 Å². The Balaban J connectivity index is 0. The molecule has 1 aromatic carbocycles. The lowest BCUT2D eigenvalue weighted by molar-refractivity contribution is 1.50. The molecule has 0 atom stereocenters. The molecule has 0 saturated heterocycles. The summed E-state index contributed by atoms with van der Waals surface area (Å²) in [4.78, 5) is 0. The van der Waals surface area contributed by atoms with Crippen molar-refractivity contribution in [3.8, 4) is 0 Å². The number of nitrogen functional groups attached to an aromatic ring is 1. The van der Waals surface area contributed by atoms with Crippen LogP contribution in [0.3, 0.4) is 0 Å². The minimum atomic E-state index is 0.799. The van der Waals surface area contributed by atoms with Gasteiger partial charge in [-0.1, -0.05) is 43.6 Å². The van der Waals surface area contributed by atoms with E-state index in [-0.39, 0.29) is 0 Å². The van der Waals surface area contributed by atoms with E-state index < -0.39 is 0 Å². The molecule has 0 aliphatic heterocycles. The first-order valence-electron chi connectivity index (χ1n) is 4.30. The zero-order valence-electron chi connectivity index (χ0n) is 8.26. The van der Waals surface area contributed by atoms with Crippen molar-refractivity contribution in [3.05, 3.63) is 28.7 Å². The first kappa shape index (κ1) is 14.0. The van der Waals surface area contributed by atoms with Crippen molar-refractivity contribution >= 4 is 21.6 Å². The van der Waals surface area contributed by atoms with Crippen LogP contribution in [0, 0.1) is 0 Å². The maximum absolute atomic E-state index is 5.41. The van der Waals surface area contributed by atoms with Crippen molar-refractivity contribution < 1.29 is 0 Å². The van der Waals surface area contributed by atoms with E-state index in [0.717, 1.165) is 10.2 Å². The number of benzene rings is 1. The van der Waals surface area contributed by atoms with Gasteiger partial charge in [0.15, 0.2) is 0 Å². The Bertz CT molecular complexity index is 149. The molecule has 0 unspecified atom stereocenters. The highest BCUT2D eigenvalue weighted by molar-refractivity contribution is 9.10. The first-order chi connectivity index (χ1) is 5.79. The van der Waals surface area contributed by atoms with Crippen LogP contribution in [-0.2, 0) is 0 Å². The van der Waals surface area contributed by atoms with Crippen LogP contribution in [0.25, 0.3) is 0 Å². The molecule has 0 fully saturated rings. The van der Waals surface area contributed by atoms with Gasteiger partial charge in [0.1, 0.15) is 0 Å². The fourth-order valence-corrected chi connectivity index (χ4v) is 0.727. The lowest BCUT2D eigenvalue weighted by Crippen LogP contribution is -1.80. The highest BCUT2D eigenvalue weighted by Gasteiger charge is 1.81. The molecule has 70 valence electrons. The molecule has 1 nitrogen and oxygen atoms in total. The SMILES string of the molecule is CC.CC.Nc1ccc(Br)cc1. The standard InChI is InChI=1S/C6H6BrN.2C2H6/c7-5-1-3-6(8)4-2-5;2*1-2/h1-4H,8H2;2*1-2H3. The van der Waals surface area contributed by atoms with Gasteiger partial charge in [-0.05, 0) is 24.3 Å². The van der Waals surface area contributed by atoms with Gasteiger partial charge >= 0.3 is 0 Å². The van der Waals surface area contributed by atoms with Gasteiger partial charge in [-0.3, -0.25) is 0 Å². The van der Waals surface area contributed by atoms with Crippen LogP contribution in [0.2, 0.25) is 0 Å². The van der Waals surface area contributed by atoms with Crippen LogP contribution in [0.4, 0.5) is 5.69 Å². The Kier molecular flexibility index (Phi) is 12.3. The van der Waals surface area contributed by atoms with Crippen LogP contribution < -0.4 is 5.73 Å².